The van der Waals surface area contributed by atoms with Gasteiger partial charge < -0.3 is 15.1 Å². The molecule has 0 saturated heterocycles. The molecule has 0 heterocycles. The van der Waals surface area contributed by atoms with Gasteiger partial charge in [-0.2, -0.15) is 0 Å². The second kappa shape index (κ2) is 7.71. The summed E-state index contributed by atoms with van der Waals surface area (Å²) in [6.07, 6.45) is 0. The lowest BCUT2D eigenvalue weighted by atomic mass is 10.0. The second-order valence-corrected chi connectivity index (χ2v) is 5.35. The molecule has 0 unspecified atom stereocenters. The molecule has 2 rings (SSSR count). The minimum Gasteiger partial charge on any atom is -0.378 e. The molecular formula is C17H22ClN3O. The number of nitrogens with zero attached hydrogens (tertiary/aromatic N) is 2. The predicted octanol–water partition coefficient (Wildman–Crippen LogP) is 3.93. The number of rotatable bonds is 3. The van der Waals surface area contributed by atoms with Crippen LogP contribution < -0.4 is 10.2 Å². The van der Waals surface area contributed by atoms with Crippen LogP contribution in [0, 0.1) is 0 Å². The van der Waals surface area contributed by atoms with Crippen molar-refractivity contribution in [1.82, 2.24) is 4.90 Å². The molecular weight excluding hydrogens is 298 g/mol. The van der Waals surface area contributed by atoms with Crippen LogP contribution in [0.3, 0.4) is 0 Å². The third-order valence-electron chi connectivity index (χ3n) is 3.24. The highest BCUT2D eigenvalue weighted by Crippen LogP contribution is 2.24. The lowest BCUT2D eigenvalue weighted by Gasteiger charge is -2.14. The van der Waals surface area contributed by atoms with Gasteiger partial charge in [0.05, 0.1) is 0 Å². The molecule has 22 heavy (non-hydrogen) atoms. The first kappa shape index (κ1) is 17.9. The lowest BCUT2D eigenvalue weighted by molar-refractivity contribution is 0.230. The molecule has 0 atom stereocenters. The number of hydrogen-bond donors (Lipinski definition) is 1. The summed E-state index contributed by atoms with van der Waals surface area (Å²) in [6.45, 7) is 0. The summed E-state index contributed by atoms with van der Waals surface area (Å²) < 4.78 is 0. The molecule has 0 fully saturated rings. The number of hydrogen-bond acceptors (Lipinski definition) is 2. The molecule has 1 N–H and O–H groups in total. The van der Waals surface area contributed by atoms with Gasteiger partial charge in [-0.05, 0) is 35.4 Å². The van der Waals surface area contributed by atoms with Gasteiger partial charge in [0.25, 0.3) is 0 Å². The Hall–Kier alpha value is -2.20. The van der Waals surface area contributed by atoms with Crippen LogP contribution in [0.4, 0.5) is 16.2 Å². The molecule has 0 bridgehead atoms. The number of benzene rings is 2. The molecule has 2 aromatic carbocycles. The van der Waals surface area contributed by atoms with E-state index in [9.17, 15) is 4.79 Å². The van der Waals surface area contributed by atoms with Crippen LogP contribution in [0.2, 0.25) is 0 Å². The first-order valence-electron chi connectivity index (χ1n) is 6.83. The van der Waals surface area contributed by atoms with Crippen molar-refractivity contribution in [1.29, 1.82) is 0 Å². The topological polar surface area (TPSA) is 35.6 Å². The Balaban J connectivity index is 0.00000242. The summed E-state index contributed by atoms with van der Waals surface area (Å²) in [5.41, 5.74) is 4.16. The first-order chi connectivity index (χ1) is 9.97. The fraction of sp³-hybridized carbons (Fsp3) is 0.235. The van der Waals surface area contributed by atoms with Crippen LogP contribution in [-0.2, 0) is 0 Å². The molecule has 0 spiro atoms. The van der Waals surface area contributed by atoms with Crippen molar-refractivity contribution >= 4 is 29.8 Å². The van der Waals surface area contributed by atoms with Crippen molar-refractivity contribution < 1.29 is 4.79 Å². The number of nitrogens with one attached hydrogen (secondary N) is 1. The van der Waals surface area contributed by atoms with Crippen LogP contribution in [0.5, 0.6) is 0 Å². The third-order valence-corrected chi connectivity index (χ3v) is 3.24. The van der Waals surface area contributed by atoms with Crippen molar-refractivity contribution in [2.75, 3.05) is 38.4 Å². The van der Waals surface area contributed by atoms with Crippen molar-refractivity contribution in [2.45, 2.75) is 0 Å². The molecule has 0 aromatic heterocycles. The Labute approximate surface area is 138 Å². The van der Waals surface area contributed by atoms with Gasteiger partial charge in [-0.1, -0.05) is 24.3 Å². The monoisotopic (exact) mass is 319 g/mol. The number of anilines is 2. The summed E-state index contributed by atoms with van der Waals surface area (Å²) in [5.74, 6) is 0. The maximum atomic E-state index is 11.7. The summed E-state index contributed by atoms with van der Waals surface area (Å²) in [7, 11) is 7.48. The van der Waals surface area contributed by atoms with E-state index in [4.69, 9.17) is 0 Å². The number of halogens is 1. The van der Waals surface area contributed by atoms with Crippen molar-refractivity contribution in [3.63, 3.8) is 0 Å². The van der Waals surface area contributed by atoms with Crippen LogP contribution >= 0.6 is 12.4 Å². The van der Waals surface area contributed by atoms with Gasteiger partial charge in [-0.25, -0.2) is 4.79 Å². The smallest absolute Gasteiger partial charge is 0.321 e. The summed E-state index contributed by atoms with van der Waals surface area (Å²) in [5, 5.41) is 2.86. The van der Waals surface area contributed by atoms with Crippen LogP contribution in [0.1, 0.15) is 0 Å². The van der Waals surface area contributed by atoms with Crippen molar-refractivity contribution in [3.8, 4) is 11.1 Å². The van der Waals surface area contributed by atoms with Gasteiger partial charge in [0.2, 0.25) is 0 Å². The molecule has 0 aliphatic carbocycles. The number of amides is 2. The zero-order valence-corrected chi connectivity index (χ0v) is 14.1. The van der Waals surface area contributed by atoms with E-state index in [-0.39, 0.29) is 18.4 Å². The molecule has 0 aliphatic rings. The Morgan fingerprint density at radius 2 is 1.55 bits per heavy atom. The summed E-state index contributed by atoms with van der Waals surface area (Å²) >= 11 is 0. The number of urea groups is 1. The summed E-state index contributed by atoms with van der Waals surface area (Å²) in [6, 6.07) is 16.1. The summed E-state index contributed by atoms with van der Waals surface area (Å²) in [4.78, 5) is 15.3. The Kier molecular flexibility index (Phi) is 6.25. The molecule has 0 saturated carbocycles. The van der Waals surface area contributed by atoms with Gasteiger partial charge in [0.15, 0.2) is 0 Å². The lowest BCUT2D eigenvalue weighted by Crippen LogP contribution is -2.27. The van der Waals surface area contributed by atoms with E-state index in [0.717, 1.165) is 22.5 Å². The van der Waals surface area contributed by atoms with Gasteiger partial charge in [-0.15, -0.1) is 12.4 Å². The zero-order chi connectivity index (χ0) is 15.4. The molecule has 5 heteroatoms. The van der Waals surface area contributed by atoms with E-state index in [1.54, 1.807) is 14.1 Å². The average molecular weight is 320 g/mol. The minimum atomic E-state index is -0.130. The Bertz CT molecular complexity index is 624. The normalized spacial score (nSPS) is 9.64. The number of carbonyl (C=O) groups is 1. The fourth-order valence-corrected chi connectivity index (χ4v) is 1.96. The molecule has 0 radical (unpaired) electrons. The van der Waals surface area contributed by atoms with E-state index in [1.807, 2.05) is 38.4 Å². The highest BCUT2D eigenvalue weighted by Gasteiger charge is 2.05. The standard InChI is InChI=1S/C17H21N3O.ClH/c1-19(2)16-10-8-13(9-11-16)14-6-5-7-15(12-14)18-17(21)20(3)4;/h5-12H,1-4H3,(H,18,21);1H. The highest BCUT2D eigenvalue weighted by atomic mass is 35.5. The van der Waals surface area contributed by atoms with E-state index in [2.05, 4.69) is 34.5 Å². The van der Waals surface area contributed by atoms with Crippen molar-refractivity contribution in [2.24, 2.45) is 0 Å². The van der Waals surface area contributed by atoms with Gasteiger partial charge in [0, 0.05) is 39.6 Å². The molecule has 0 aliphatic heterocycles. The first-order valence-corrected chi connectivity index (χ1v) is 6.83. The van der Waals surface area contributed by atoms with Crippen LogP contribution in [0.15, 0.2) is 48.5 Å². The van der Waals surface area contributed by atoms with E-state index in [0.29, 0.717) is 0 Å². The maximum absolute atomic E-state index is 11.7. The number of carbonyl (C=O) groups excluding carboxylic acids is 1. The van der Waals surface area contributed by atoms with Crippen LogP contribution in [0.25, 0.3) is 11.1 Å². The Morgan fingerprint density at radius 3 is 2.09 bits per heavy atom. The molecule has 118 valence electrons. The molecule has 2 amide bonds. The Morgan fingerprint density at radius 1 is 0.909 bits per heavy atom. The largest absolute Gasteiger partial charge is 0.378 e. The van der Waals surface area contributed by atoms with E-state index < -0.39 is 0 Å². The highest BCUT2D eigenvalue weighted by molar-refractivity contribution is 5.89. The van der Waals surface area contributed by atoms with Crippen molar-refractivity contribution in [3.05, 3.63) is 48.5 Å². The third kappa shape index (κ3) is 4.40. The van der Waals surface area contributed by atoms with E-state index >= 15 is 0 Å². The van der Waals surface area contributed by atoms with Gasteiger partial charge in [-0.3, -0.25) is 0 Å². The quantitative estimate of drug-likeness (QED) is 0.930. The predicted molar refractivity (Wildman–Crippen MR) is 96.2 cm³/mol. The van der Waals surface area contributed by atoms with Gasteiger partial charge >= 0.3 is 6.03 Å². The molecule has 2 aromatic rings. The van der Waals surface area contributed by atoms with E-state index in [1.165, 1.54) is 4.90 Å². The molecule has 4 nitrogen and oxygen atoms in total. The SMILES string of the molecule is CN(C)C(=O)Nc1cccc(-c2ccc(N(C)C)cc2)c1.Cl. The van der Waals surface area contributed by atoms with Crippen LogP contribution in [-0.4, -0.2) is 39.1 Å². The average Bonchev–Trinajstić information content (AvgIpc) is 2.47. The zero-order valence-electron chi connectivity index (χ0n) is 13.3. The maximum Gasteiger partial charge on any atom is 0.321 e. The van der Waals surface area contributed by atoms with Gasteiger partial charge in [0.1, 0.15) is 0 Å². The second-order valence-electron chi connectivity index (χ2n) is 5.35. The fourth-order valence-electron chi connectivity index (χ4n) is 1.96. The minimum absolute atomic E-state index is 0.